The molecular weight excluding hydrogens is 296 g/mol. The molecule has 2 aromatic carbocycles. The quantitative estimate of drug-likeness (QED) is 0.824. The number of nitrogens with one attached hydrogen (secondary N) is 1. The van der Waals surface area contributed by atoms with E-state index in [0.29, 0.717) is 16.8 Å². The molecule has 0 aliphatic heterocycles. The molecule has 0 fully saturated rings. The molecule has 0 heterocycles. The molecule has 118 valence electrons. The summed E-state index contributed by atoms with van der Waals surface area (Å²) in [6, 6.07) is 12.9. The molecule has 23 heavy (non-hydrogen) atoms. The van der Waals surface area contributed by atoms with Crippen LogP contribution < -0.4 is 11.1 Å². The number of carbonyl (C=O) groups excluding carboxylic acids is 3. The normalized spacial score (nSPS) is 9.96. The van der Waals surface area contributed by atoms with Gasteiger partial charge in [0.05, 0.1) is 5.56 Å². The number of amides is 2. The van der Waals surface area contributed by atoms with E-state index >= 15 is 0 Å². The van der Waals surface area contributed by atoms with E-state index in [1.54, 1.807) is 36.4 Å². The highest BCUT2D eigenvalue weighted by Gasteiger charge is 2.10. The summed E-state index contributed by atoms with van der Waals surface area (Å²) in [5, 5.41) is 2.56. The van der Waals surface area contributed by atoms with Gasteiger partial charge in [-0.25, -0.2) is 4.79 Å². The SMILES string of the molecule is Cc1ccc(C(=O)OCC(=O)Nc2ccc(C(N)=O)cc2)cc1. The first kappa shape index (κ1) is 16.2. The second kappa shape index (κ2) is 7.22. The molecule has 0 aliphatic rings. The predicted octanol–water partition coefficient (Wildman–Crippen LogP) is 1.89. The number of anilines is 1. The minimum atomic E-state index is -0.566. The van der Waals surface area contributed by atoms with Crippen molar-refractivity contribution in [2.45, 2.75) is 6.92 Å². The molecule has 2 amide bonds. The van der Waals surface area contributed by atoms with Crippen molar-refractivity contribution in [2.75, 3.05) is 11.9 Å². The van der Waals surface area contributed by atoms with Crippen LogP contribution in [0.15, 0.2) is 48.5 Å². The van der Waals surface area contributed by atoms with Gasteiger partial charge in [-0.2, -0.15) is 0 Å². The lowest BCUT2D eigenvalue weighted by Gasteiger charge is -2.07. The molecule has 6 heteroatoms. The van der Waals surface area contributed by atoms with Crippen LogP contribution in [0.3, 0.4) is 0 Å². The standard InChI is InChI=1S/C17H16N2O4/c1-11-2-4-13(5-3-11)17(22)23-10-15(20)19-14-8-6-12(7-9-14)16(18)21/h2-9H,10H2,1H3,(H2,18,21)(H,19,20). The van der Waals surface area contributed by atoms with E-state index in [9.17, 15) is 14.4 Å². The van der Waals surface area contributed by atoms with Crippen molar-refractivity contribution in [1.29, 1.82) is 0 Å². The summed E-state index contributed by atoms with van der Waals surface area (Å²) in [5.74, 6) is -1.59. The first-order valence-corrected chi connectivity index (χ1v) is 6.89. The molecule has 2 aromatic rings. The highest BCUT2D eigenvalue weighted by molar-refractivity contribution is 5.96. The van der Waals surface area contributed by atoms with Crippen LogP contribution in [0.2, 0.25) is 0 Å². The highest BCUT2D eigenvalue weighted by Crippen LogP contribution is 2.09. The minimum absolute atomic E-state index is 0.341. The second-order valence-electron chi connectivity index (χ2n) is 4.93. The van der Waals surface area contributed by atoms with Crippen molar-refractivity contribution < 1.29 is 19.1 Å². The number of carbonyl (C=O) groups is 3. The van der Waals surface area contributed by atoms with Gasteiger partial charge in [0.2, 0.25) is 5.91 Å². The average molecular weight is 312 g/mol. The van der Waals surface area contributed by atoms with Crippen LogP contribution in [0.5, 0.6) is 0 Å². The van der Waals surface area contributed by atoms with Gasteiger partial charge in [0.15, 0.2) is 6.61 Å². The molecule has 0 bridgehead atoms. The molecule has 0 atom stereocenters. The van der Waals surface area contributed by atoms with Crippen LogP contribution in [0, 0.1) is 6.92 Å². The monoisotopic (exact) mass is 312 g/mol. The zero-order valence-corrected chi connectivity index (χ0v) is 12.5. The maximum atomic E-state index is 11.8. The largest absolute Gasteiger partial charge is 0.452 e. The van der Waals surface area contributed by atoms with Crippen LogP contribution in [-0.2, 0) is 9.53 Å². The number of primary amides is 1. The number of nitrogens with two attached hydrogens (primary N) is 1. The average Bonchev–Trinajstić information content (AvgIpc) is 2.54. The van der Waals surface area contributed by atoms with E-state index in [-0.39, 0.29) is 0 Å². The molecule has 3 N–H and O–H groups in total. The number of rotatable bonds is 5. The fourth-order valence-corrected chi connectivity index (χ4v) is 1.82. The molecule has 0 saturated heterocycles. The Morgan fingerprint density at radius 3 is 2.09 bits per heavy atom. The van der Waals surface area contributed by atoms with E-state index in [1.807, 2.05) is 6.92 Å². The van der Waals surface area contributed by atoms with Crippen LogP contribution in [0.4, 0.5) is 5.69 Å². The van der Waals surface area contributed by atoms with Crippen LogP contribution in [-0.4, -0.2) is 24.4 Å². The first-order chi connectivity index (χ1) is 11.0. The van der Waals surface area contributed by atoms with Gasteiger partial charge in [-0.15, -0.1) is 0 Å². The number of esters is 1. The Bertz CT molecular complexity index is 721. The van der Waals surface area contributed by atoms with Gasteiger partial charge in [-0.05, 0) is 43.3 Å². The molecule has 6 nitrogen and oxygen atoms in total. The van der Waals surface area contributed by atoms with Crippen molar-refractivity contribution >= 4 is 23.5 Å². The number of hydrogen-bond acceptors (Lipinski definition) is 4. The maximum Gasteiger partial charge on any atom is 0.338 e. The van der Waals surface area contributed by atoms with E-state index < -0.39 is 24.4 Å². The zero-order chi connectivity index (χ0) is 16.8. The van der Waals surface area contributed by atoms with Crippen LogP contribution in [0.1, 0.15) is 26.3 Å². The summed E-state index contributed by atoms with van der Waals surface area (Å²) in [4.78, 5) is 34.5. The Hall–Kier alpha value is -3.15. The number of benzene rings is 2. The molecule has 0 aliphatic carbocycles. The Balaban J connectivity index is 1.86. The summed E-state index contributed by atoms with van der Waals surface area (Å²) in [5.41, 5.74) is 7.36. The van der Waals surface area contributed by atoms with Crippen molar-refractivity contribution in [3.63, 3.8) is 0 Å². The Labute approximate surface area is 133 Å². The lowest BCUT2D eigenvalue weighted by Crippen LogP contribution is -2.21. The smallest absolute Gasteiger partial charge is 0.338 e. The maximum absolute atomic E-state index is 11.8. The van der Waals surface area contributed by atoms with Crippen molar-refractivity contribution in [2.24, 2.45) is 5.73 Å². The molecule has 0 saturated carbocycles. The highest BCUT2D eigenvalue weighted by atomic mass is 16.5. The molecular formula is C17H16N2O4. The minimum Gasteiger partial charge on any atom is -0.452 e. The number of ether oxygens (including phenoxy) is 1. The van der Waals surface area contributed by atoms with Crippen molar-refractivity contribution in [3.05, 3.63) is 65.2 Å². The summed E-state index contributed by atoms with van der Waals surface area (Å²) in [6.45, 7) is 1.51. The fraction of sp³-hybridized carbons (Fsp3) is 0.118. The Kier molecular flexibility index (Phi) is 5.09. The third-order valence-electron chi connectivity index (χ3n) is 3.07. The van der Waals surface area contributed by atoms with Crippen molar-refractivity contribution in [1.82, 2.24) is 0 Å². The van der Waals surface area contributed by atoms with E-state index in [0.717, 1.165) is 5.56 Å². The summed E-state index contributed by atoms with van der Waals surface area (Å²) in [7, 11) is 0. The van der Waals surface area contributed by atoms with E-state index in [1.165, 1.54) is 12.1 Å². The zero-order valence-electron chi connectivity index (χ0n) is 12.5. The Morgan fingerprint density at radius 1 is 0.957 bits per heavy atom. The van der Waals surface area contributed by atoms with Gasteiger partial charge in [-0.1, -0.05) is 17.7 Å². The third-order valence-corrected chi connectivity index (χ3v) is 3.07. The number of aryl methyl sites for hydroxylation is 1. The molecule has 0 radical (unpaired) electrons. The molecule has 0 aromatic heterocycles. The Morgan fingerprint density at radius 2 is 1.52 bits per heavy atom. The molecule has 0 unspecified atom stereocenters. The van der Waals surface area contributed by atoms with Crippen LogP contribution in [0.25, 0.3) is 0 Å². The summed E-state index contributed by atoms with van der Waals surface area (Å²) in [6.07, 6.45) is 0. The lowest BCUT2D eigenvalue weighted by molar-refractivity contribution is -0.119. The third kappa shape index (κ3) is 4.67. The van der Waals surface area contributed by atoms with E-state index in [2.05, 4.69) is 5.32 Å². The summed E-state index contributed by atoms with van der Waals surface area (Å²) < 4.78 is 4.94. The van der Waals surface area contributed by atoms with E-state index in [4.69, 9.17) is 10.5 Å². The van der Waals surface area contributed by atoms with Gasteiger partial charge in [0.25, 0.3) is 5.91 Å². The first-order valence-electron chi connectivity index (χ1n) is 6.89. The topological polar surface area (TPSA) is 98.5 Å². The summed E-state index contributed by atoms with van der Waals surface area (Å²) >= 11 is 0. The van der Waals surface area contributed by atoms with Gasteiger partial charge in [-0.3, -0.25) is 9.59 Å². The molecule has 0 spiro atoms. The molecule has 2 rings (SSSR count). The van der Waals surface area contributed by atoms with Gasteiger partial charge < -0.3 is 15.8 Å². The van der Waals surface area contributed by atoms with Crippen molar-refractivity contribution in [3.8, 4) is 0 Å². The lowest BCUT2D eigenvalue weighted by atomic mass is 10.1. The second-order valence-corrected chi connectivity index (χ2v) is 4.93. The number of hydrogen-bond donors (Lipinski definition) is 2. The van der Waals surface area contributed by atoms with Gasteiger partial charge in [0, 0.05) is 11.3 Å². The van der Waals surface area contributed by atoms with Crippen LogP contribution >= 0.6 is 0 Å². The predicted molar refractivity (Wildman–Crippen MR) is 85.1 cm³/mol. The van der Waals surface area contributed by atoms with Gasteiger partial charge >= 0.3 is 5.97 Å². The fourth-order valence-electron chi connectivity index (χ4n) is 1.82. The van der Waals surface area contributed by atoms with Gasteiger partial charge in [0.1, 0.15) is 0 Å².